The molecule has 0 saturated heterocycles. The molecule has 19 heavy (non-hydrogen) atoms. The van der Waals surface area contributed by atoms with E-state index in [2.05, 4.69) is 15.0 Å². The van der Waals surface area contributed by atoms with Crippen molar-refractivity contribution >= 4 is 11.9 Å². The number of hydrogen-bond donors (Lipinski definition) is 1. The molecule has 0 aliphatic carbocycles. The second-order valence-electron chi connectivity index (χ2n) is 4.45. The fourth-order valence-corrected chi connectivity index (χ4v) is 1.66. The van der Waals surface area contributed by atoms with Crippen molar-refractivity contribution in [1.82, 2.24) is 10.2 Å². The Balaban J connectivity index is 2.64. The van der Waals surface area contributed by atoms with Crippen LogP contribution in [0.1, 0.15) is 27.1 Å². The number of hydrogen-bond acceptors (Lipinski definition) is 4. The van der Waals surface area contributed by atoms with Gasteiger partial charge in [0.2, 0.25) is 0 Å². The fourth-order valence-electron chi connectivity index (χ4n) is 1.66. The van der Waals surface area contributed by atoms with Crippen LogP contribution in [0.4, 0.5) is 0 Å². The Morgan fingerprint density at radius 1 is 1.21 bits per heavy atom. The topological polar surface area (TPSA) is 58.6 Å². The van der Waals surface area contributed by atoms with Gasteiger partial charge < -0.3 is 15.0 Å². The van der Waals surface area contributed by atoms with Crippen molar-refractivity contribution in [2.24, 2.45) is 0 Å². The van der Waals surface area contributed by atoms with Gasteiger partial charge in [-0.15, -0.1) is 0 Å². The summed E-state index contributed by atoms with van der Waals surface area (Å²) in [6, 6.07) is 6.63. The Labute approximate surface area is 113 Å². The number of carbonyl (C=O) groups excluding carboxylic acids is 2. The third-order valence-corrected chi connectivity index (χ3v) is 2.64. The van der Waals surface area contributed by atoms with E-state index >= 15 is 0 Å². The molecule has 0 atom stereocenters. The fraction of sp³-hybridized carbons (Fsp3) is 0.429. The van der Waals surface area contributed by atoms with Crippen LogP contribution in [0.15, 0.2) is 24.3 Å². The smallest absolute Gasteiger partial charge is 0.338 e. The van der Waals surface area contributed by atoms with Gasteiger partial charge in [-0.2, -0.15) is 0 Å². The van der Waals surface area contributed by atoms with Crippen LogP contribution in [-0.2, 0) is 4.74 Å². The summed E-state index contributed by atoms with van der Waals surface area (Å²) in [5.41, 5.74) is 0.634. The Bertz CT molecular complexity index is 444. The molecule has 0 radical (unpaired) electrons. The SMILES string of the molecule is COC(=O)c1ccccc1C(=O)NCCCN(C)C. The van der Waals surface area contributed by atoms with Gasteiger partial charge in [0.25, 0.3) is 5.91 Å². The highest BCUT2D eigenvalue weighted by Gasteiger charge is 2.16. The normalized spacial score (nSPS) is 10.3. The number of nitrogens with one attached hydrogen (secondary N) is 1. The summed E-state index contributed by atoms with van der Waals surface area (Å²) in [4.78, 5) is 25.6. The number of rotatable bonds is 6. The minimum Gasteiger partial charge on any atom is -0.465 e. The van der Waals surface area contributed by atoms with Crippen LogP contribution in [0.2, 0.25) is 0 Å². The maximum Gasteiger partial charge on any atom is 0.338 e. The molecule has 0 unspecified atom stereocenters. The molecule has 0 saturated carbocycles. The lowest BCUT2D eigenvalue weighted by Crippen LogP contribution is -2.28. The van der Waals surface area contributed by atoms with Crippen molar-refractivity contribution in [3.63, 3.8) is 0 Å². The number of carbonyl (C=O) groups is 2. The molecule has 104 valence electrons. The van der Waals surface area contributed by atoms with Crippen molar-refractivity contribution in [2.75, 3.05) is 34.3 Å². The minimum atomic E-state index is -0.501. The van der Waals surface area contributed by atoms with Crippen molar-refractivity contribution in [1.29, 1.82) is 0 Å². The molecule has 1 aromatic rings. The molecule has 0 aliphatic rings. The number of esters is 1. The Hall–Kier alpha value is -1.88. The highest BCUT2D eigenvalue weighted by molar-refractivity contribution is 6.05. The van der Waals surface area contributed by atoms with Crippen molar-refractivity contribution in [3.8, 4) is 0 Å². The molecule has 1 rings (SSSR count). The molecular formula is C14H20N2O3. The highest BCUT2D eigenvalue weighted by atomic mass is 16.5. The van der Waals surface area contributed by atoms with Gasteiger partial charge in [-0.1, -0.05) is 12.1 Å². The van der Waals surface area contributed by atoms with Crippen LogP contribution in [-0.4, -0.2) is 51.1 Å². The van der Waals surface area contributed by atoms with E-state index in [1.807, 2.05) is 14.1 Å². The van der Waals surface area contributed by atoms with E-state index < -0.39 is 5.97 Å². The zero-order valence-corrected chi connectivity index (χ0v) is 11.6. The van der Waals surface area contributed by atoms with Gasteiger partial charge in [-0.05, 0) is 39.2 Å². The van der Waals surface area contributed by atoms with E-state index in [1.165, 1.54) is 7.11 Å². The molecule has 0 aliphatic heterocycles. The lowest BCUT2D eigenvalue weighted by molar-refractivity contribution is 0.0596. The van der Waals surface area contributed by atoms with Crippen LogP contribution < -0.4 is 5.32 Å². The lowest BCUT2D eigenvalue weighted by Gasteiger charge is -2.11. The standard InChI is InChI=1S/C14H20N2O3/c1-16(2)10-6-9-15-13(17)11-7-4-5-8-12(11)14(18)19-3/h4-5,7-8H,6,9-10H2,1-3H3,(H,15,17). The van der Waals surface area contributed by atoms with Crippen LogP contribution in [0.3, 0.4) is 0 Å². The predicted molar refractivity (Wildman–Crippen MR) is 73.3 cm³/mol. The third kappa shape index (κ3) is 4.71. The van der Waals surface area contributed by atoms with E-state index in [1.54, 1.807) is 24.3 Å². The van der Waals surface area contributed by atoms with Crippen LogP contribution >= 0.6 is 0 Å². The lowest BCUT2D eigenvalue weighted by atomic mass is 10.1. The van der Waals surface area contributed by atoms with Crippen LogP contribution in [0.25, 0.3) is 0 Å². The zero-order chi connectivity index (χ0) is 14.3. The quantitative estimate of drug-likeness (QED) is 0.618. The van der Waals surface area contributed by atoms with Gasteiger partial charge in [-0.25, -0.2) is 4.79 Å². The first-order chi connectivity index (χ1) is 9.06. The van der Waals surface area contributed by atoms with Gasteiger partial charge in [0.15, 0.2) is 0 Å². The van der Waals surface area contributed by atoms with Gasteiger partial charge in [0.05, 0.1) is 18.2 Å². The minimum absolute atomic E-state index is 0.250. The van der Waals surface area contributed by atoms with Gasteiger partial charge in [-0.3, -0.25) is 4.79 Å². The predicted octanol–water partition coefficient (Wildman–Crippen LogP) is 1.15. The van der Waals surface area contributed by atoms with Gasteiger partial charge in [0, 0.05) is 6.54 Å². The van der Waals surface area contributed by atoms with E-state index in [0.717, 1.165) is 13.0 Å². The molecule has 1 aromatic carbocycles. The molecule has 0 aromatic heterocycles. The molecule has 5 nitrogen and oxygen atoms in total. The average molecular weight is 264 g/mol. The summed E-state index contributed by atoms with van der Waals surface area (Å²) in [5, 5.41) is 2.80. The molecule has 5 heteroatoms. The zero-order valence-electron chi connectivity index (χ0n) is 11.6. The summed E-state index contributed by atoms with van der Waals surface area (Å²) in [6.07, 6.45) is 0.860. The van der Waals surface area contributed by atoms with Gasteiger partial charge in [0.1, 0.15) is 0 Å². The monoisotopic (exact) mass is 264 g/mol. The maximum absolute atomic E-state index is 12.0. The largest absolute Gasteiger partial charge is 0.465 e. The van der Waals surface area contributed by atoms with E-state index in [4.69, 9.17) is 0 Å². The van der Waals surface area contributed by atoms with E-state index in [-0.39, 0.29) is 11.5 Å². The molecule has 0 bridgehead atoms. The molecule has 0 spiro atoms. The molecule has 1 N–H and O–H groups in total. The average Bonchev–Trinajstić information content (AvgIpc) is 2.42. The number of nitrogens with zero attached hydrogens (tertiary/aromatic N) is 1. The summed E-state index contributed by atoms with van der Waals surface area (Å²) in [7, 11) is 5.26. The number of benzene rings is 1. The van der Waals surface area contributed by atoms with Crippen molar-refractivity contribution in [2.45, 2.75) is 6.42 Å². The summed E-state index contributed by atoms with van der Waals surface area (Å²) >= 11 is 0. The van der Waals surface area contributed by atoms with Crippen LogP contribution in [0, 0.1) is 0 Å². The molecule has 0 heterocycles. The first kappa shape index (κ1) is 15.2. The van der Waals surface area contributed by atoms with E-state index in [0.29, 0.717) is 12.1 Å². The third-order valence-electron chi connectivity index (χ3n) is 2.64. The van der Waals surface area contributed by atoms with Crippen molar-refractivity contribution < 1.29 is 14.3 Å². The first-order valence-corrected chi connectivity index (χ1v) is 6.16. The second-order valence-corrected chi connectivity index (χ2v) is 4.45. The summed E-state index contributed by atoms with van der Waals surface area (Å²) in [5.74, 6) is -0.751. The number of methoxy groups -OCH3 is 1. The summed E-state index contributed by atoms with van der Waals surface area (Å²) < 4.78 is 4.66. The Morgan fingerprint density at radius 3 is 2.42 bits per heavy atom. The first-order valence-electron chi connectivity index (χ1n) is 6.16. The van der Waals surface area contributed by atoms with E-state index in [9.17, 15) is 9.59 Å². The maximum atomic E-state index is 12.0. The highest BCUT2D eigenvalue weighted by Crippen LogP contribution is 2.09. The second kappa shape index (κ2) is 7.53. The number of amides is 1. The molecule has 0 fully saturated rings. The Morgan fingerprint density at radius 2 is 1.84 bits per heavy atom. The molecular weight excluding hydrogens is 244 g/mol. The molecule has 1 amide bonds. The van der Waals surface area contributed by atoms with Crippen molar-refractivity contribution in [3.05, 3.63) is 35.4 Å². The van der Waals surface area contributed by atoms with Gasteiger partial charge >= 0.3 is 5.97 Å². The summed E-state index contributed by atoms with van der Waals surface area (Å²) in [6.45, 7) is 1.48. The Kier molecular flexibility index (Phi) is 6.02. The van der Waals surface area contributed by atoms with Crippen LogP contribution in [0.5, 0.6) is 0 Å². The number of ether oxygens (including phenoxy) is 1.